The van der Waals surface area contributed by atoms with Gasteiger partial charge in [0, 0.05) is 12.8 Å². The first kappa shape index (κ1) is 13.9. The Morgan fingerprint density at radius 1 is 1.58 bits per heavy atom. The van der Waals surface area contributed by atoms with Crippen LogP contribution in [0.2, 0.25) is 0 Å². The van der Waals surface area contributed by atoms with Crippen molar-refractivity contribution in [3.05, 3.63) is 29.3 Å². The van der Waals surface area contributed by atoms with Crippen LogP contribution in [0.3, 0.4) is 0 Å². The maximum Gasteiger partial charge on any atom is 0.164 e. The third-order valence-electron chi connectivity index (χ3n) is 3.28. The predicted octanol–water partition coefficient (Wildman–Crippen LogP) is 2.28. The van der Waals surface area contributed by atoms with E-state index in [1.807, 2.05) is 31.0 Å². The smallest absolute Gasteiger partial charge is 0.164 e. The third kappa shape index (κ3) is 2.91. The van der Waals surface area contributed by atoms with Crippen molar-refractivity contribution >= 4 is 22.6 Å². The summed E-state index contributed by atoms with van der Waals surface area (Å²) in [4.78, 5) is 6.65. The van der Waals surface area contributed by atoms with Gasteiger partial charge in [0.25, 0.3) is 0 Å². The molecule has 0 amide bonds. The summed E-state index contributed by atoms with van der Waals surface area (Å²) in [5.74, 6) is 0.850. The van der Waals surface area contributed by atoms with Crippen molar-refractivity contribution in [1.82, 2.24) is 4.90 Å². The molecule has 0 spiro atoms. The van der Waals surface area contributed by atoms with Crippen molar-refractivity contribution in [3.63, 3.8) is 0 Å². The molecule has 1 aromatic carbocycles. The van der Waals surface area contributed by atoms with Crippen molar-refractivity contribution in [2.24, 2.45) is 4.99 Å². The number of benzene rings is 1. The van der Waals surface area contributed by atoms with Crippen LogP contribution < -0.4 is 0 Å². The van der Waals surface area contributed by atoms with E-state index in [0.29, 0.717) is 5.56 Å². The fraction of sp³-hybridized carbons (Fsp3) is 0.429. The number of hydrogen-bond acceptors (Lipinski definition) is 4. The number of hydrogen-bond donors (Lipinski definition) is 1. The molecule has 5 heteroatoms. The highest BCUT2D eigenvalue weighted by Crippen LogP contribution is 2.28. The number of aliphatic imine (C=N–C) groups is 1. The van der Waals surface area contributed by atoms with Crippen LogP contribution in [0.25, 0.3) is 0 Å². The number of amidine groups is 1. The Morgan fingerprint density at radius 2 is 2.32 bits per heavy atom. The molecule has 2 rings (SSSR count). The number of nitriles is 1. The van der Waals surface area contributed by atoms with E-state index in [1.165, 1.54) is 0 Å². The van der Waals surface area contributed by atoms with Gasteiger partial charge in [-0.1, -0.05) is 11.8 Å². The fourth-order valence-electron chi connectivity index (χ4n) is 2.04. The van der Waals surface area contributed by atoms with Crippen molar-refractivity contribution in [3.8, 4) is 6.07 Å². The molecule has 1 saturated heterocycles. The number of aryl methyl sites for hydroxylation is 1. The quantitative estimate of drug-likeness (QED) is 0.899. The van der Waals surface area contributed by atoms with Crippen LogP contribution >= 0.6 is 11.8 Å². The van der Waals surface area contributed by atoms with Gasteiger partial charge in [0.2, 0.25) is 0 Å². The second kappa shape index (κ2) is 5.64. The Kier molecular flexibility index (Phi) is 4.13. The molecule has 100 valence electrons. The van der Waals surface area contributed by atoms with Crippen LogP contribution in [-0.4, -0.2) is 40.1 Å². The van der Waals surface area contributed by atoms with Gasteiger partial charge in [0.15, 0.2) is 5.17 Å². The minimum atomic E-state index is -0.368. The lowest BCUT2D eigenvalue weighted by atomic mass is 10.1. The molecule has 0 saturated carbocycles. The molecule has 0 aromatic heterocycles. The van der Waals surface area contributed by atoms with Crippen LogP contribution in [0.1, 0.15) is 18.1 Å². The zero-order valence-corrected chi connectivity index (χ0v) is 12.1. The molecule has 1 heterocycles. The lowest BCUT2D eigenvalue weighted by molar-refractivity contribution is 0.126. The summed E-state index contributed by atoms with van der Waals surface area (Å²) in [7, 11) is 1.95. The lowest BCUT2D eigenvalue weighted by Gasteiger charge is -2.23. The minimum absolute atomic E-state index is 0.113. The average molecular weight is 275 g/mol. The van der Waals surface area contributed by atoms with E-state index in [4.69, 9.17) is 5.26 Å². The van der Waals surface area contributed by atoms with E-state index in [2.05, 4.69) is 11.1 Å². The number of aliphatic hydroxyl groups is 1. The molecule has 0 aliphatic carbocycles. The maximum atomic E-state index is 9.68. The van der Waals surface area contributed by atoms with E-state index >= 15 is 0 Å². The normalized spacial score (nSPS) is 22.6. The van der Waals surface area contributed by atoms with E-state index in [1.54, 1.807) is 24.8 Å². The first-order valence-electron chi connectivity index (χ1n) is 6.16. The van der Waals surface area contributed by atoms with Gasteiger partial charge in [-0.25, -0.2) is 4.99 Å². The molecule has 1 aromatic rings. The molecule has 1 N–H and O–H groups in total. The van der Waals surface area contributed by atoms with Gasteiger partial charge in [-0.2, -0.15) is 5.26 Å². The average Bonchev–Trinajstić information content (AvgIpc) is 2.73. The Hall–Kier alpha value is -1.51. The monoisotopic (exact) mass is 275 g/mol. The molecular weight excluding hydrogens is 258 g/mol. The molecule has 1 fully saturated rings. The zero-order valence-electron chi connectivity index (χ0n) is 11.3. The van der Waals surface area contributed by atoms with E-state index in [0.717, 1.165) is 22.2 Å². The fourth-order valence-corrected chi connectivity index (χ4v) is 3.37. The highest BCUT2D eigenvalue weighted by Gasteiger charge is 2.30. The zero-order chi connectivity index (χ0) is 14.0. The first-order chi connectivity index (χ1) is 9.02. The van der Waals surface area contributed by atoms with Crippen molar-refractivity contribution in [2.45, 2.75) is 26.0 Å². The summed E-state index contributed by atoms with van der Waals surface area (Å²) in [5.41, 5.74) is 2.51. The van der Waals surface area contributed by atoms with Crippen LogP contribution in [0.4, 0.5) is 5.69 Å². The Bertz CT molecular complexity index is 548. The molecule has 19 heavy (non-hydrogen) atoms. The molecule has 1 aliphatic heterocycles. The number of nitrogens with zero attached hydrogens (tertiary/aromatic N) is 3. The Labute approximate surface area is 117 Å². The summed E-state index contributed by atoms with van der Waals surface area (Å²) in [6.45, 7) is 3.75. The Morgan fingerprint density at radius 3 is 2.84 bits per heavy atom. The minimum Gasteiger partial charge on any atom is -0.391 e. The summed E-state index contributed by atoms with van der Waals surface area (Å²) in [6, 6.07) is 7.72. The number of thioether (sulfide) groups is 1. The van der Waals surface area contributed by atoms with Gasteiger partial charge in [-0.3, -0.25) is 0 Å². The number of likely N-dealkylation sites (N-methyl/N-ethyl adjacent to an activating group) is 1. The lowest BCUT2D eigenvalue weighted by Crippen LogP contribution is -2.38. The van der Waals surface area contributed by atoms with Gasteiger partial charge in [-0.05, 0) is 37.6 Å². The number of rotatable bonds is 2. The van der Waals surface area contributed by atoms with E-state index in [-0.39, 0.29) is 12.1 Å². The van der Waals surface area contributed by atoms with Gasteiger partial charge in [0.05, 0.1) is 29.5 Å². The SMILES string of the molecule is Cc1cc(C#N)ccc1N=C1SC[C@H](C(C)O)N1C. The number of aliphatic hydroxyl groups excluding tert-OH is 1. The summed E-state index contributed by atoms with van der Waals surface area (Å²) in [6.07, 6.45) is -0.368. The van der Waals surface area contributed by atoms with Crippen molar-refractivity contribution < 1.29 is 5.11 Å². The van der Waals surface area contributed by atoms with Crippen LogP contribution in [0, 0.1) is 18.3 Å². The summed E-state index contributed by atoms with van der Waals surface area (Å²) < 4.78 is 0. The maximum absolute atomic E-state index is 9.68. The van der Waals surface area contributed by atoms with Crippen LogP contribution in [-0.2, 0) is 0 Å². The second-order valence-corrected chi connectivity index (χ2v) is 5.72. The van der Waals surface area contributed by atoms with Gasteiger partial charge in [-0.15, -0.1) is 0 Å². The predicted molar refractivity (Wildman–Crippen MR) is 78.7 cm³/mol. The summed E-state index contributed by atoms with van der Waals surface area (Å²) in [5, 5.41) is 19.4. The topological polar surface area (TPSA) is 59.6 Å². The van der Waals surface area contributed by atoms with Gasteiger partial charge in [0.1, 0.15) is 0 Å². The summed E-state index contributed by atoms with van der Waals surface area (Å²) >= 11 is 1.65. The molecule has 1 unspecified atom stereocenters. The van der Waals surface area contributed by atoms with Crippen LogP contribution in [0.5, 0.6) is 0 Å². The highest BCUT2D eigenvalue weighted by molar-refractivity contribution is 8.14. The first-order valence-corrected chi connectivity index (χ1v) is 7.14. The second-order valence-electron chi connectivity index (χ2n) is 4.74. The van der Waals surface area contributed by atoms with Crippen LogP contribution in [0.15, 0.2) is 23.2 Å². The molecule has 4 nitrogen and oxygen atoms in total. The highest BCUT2D eigenvalue weighted by atomic mass is 32.2. The molecule has 2 atom stereocenters. The third-order valence-corrected chi connectivity index (χ3v) is 4.43. The molecule has 0 bridgehead atoms. The van der Waals surface area contributed by atoms with E-state index in [9.17, 15) is 5.11 Å². The standard InChI is InChI=1S/C14H17N3OS/c1-9-6-11(7-15)4-5-12(9)16-14-17(3)13(8-19-14)10(2)18/h4-6,10,13,18H,8H2,1-3H3/t10?,13-/m1/s1. The Balaban J connectivity index is 2.26. The largest absolute Gasteiger partial charge is 0.391 e. The molecule has 1 aliphatic rings. The van der Waals surface area contributed by atoms with Gasteiger partial charge >= 0.3 is 0 Å². The molecular formula is C14H17N3OS. The molecule has 0 radical (unpaired) electrons. The van der Waals surface area contributed by atoms with E-state index < -0.39 is 0 Å². The van der Waals surface area contributed by atoms with Gasteiger partial charge < -0.3 is 10.0 Å². The van der Waals surface area contributed by atoms with Crippen molar-refractivity contribution in [2.75, 3.05) is 12.8 Å². The van der Waals surface area contributed by atoms with Crippen molar-refractivity contribution in [1.29, 1.82) is 5.26 Å².